The van der Waals surface area contributed by atoms with Crippen LogP contribution in [0.15, 0.2) is 47.4 Å². The van der Waals surface area contributed by atoms with Crippen LogP contribution in [-0.4, -0.2) is 17.8 Å². The molecule has 0 atom stereocenters. The number of carbonyl (C=O) groups is 2. The van der Waals surface area contributed by atoms with Crippen molar-refractivity contribution in [1.29, 1.82) is 0 Å². The Labute approximate surface area is 151 Å². The molecule has 2 aromatic rings. The zero-order valence-electron chi connectivity index (χ0n) is 14.4. The van der Waals surface area contributed by atoms with Crippen molar-refractivity contribution in [2.24, 2.45) is 0 Å². The van der Waals surface area contributed by atoms with Crippen molar-refractivity contribution in [2.45, 2.75) is 20.8 Å². The number of benzene rings is 2. The minimum Gasteiger partial charge on any atom is -0.494 e. The summed E-state index contributed by atoms with van der Waals surface area (Å²) in [4.78, 5) is 26.8. The third-order valence-electron chi connectivity index (χ3n) is 3.88. The number of carbonyl (C=O) groups excluding carboxylic acids is 2. The number of amides is 2. The highest BCUT2D eigenvalue weighted by Crippen LogP contribution is 2.37. The molecule has 25 heavy (non-hydrogen) atoms. The molecule has 0 aromatic heterocycles. The van der Waals surface area contributed by atoms with E-state index in [2.05, 4.69) is 0 Å². The molecule has 0 radical (unpaired) electrons. The van der Waals surface area contributed by atoms with Crippen molar-refractivity contribution in [3.63, 3.8) is 0 Å². The van der Waals surface area contributed by atoms with Crippen molar-refractivity contribution in [3.05, 3.63) is 64.1 Å². The summed E-state index contributed by atoms with van der Waals surface area (Å²) in [6, 6.07) is 13.1. The minimum atomic E-state index is -0.282. The first-order valence-electron chi connectivity index (χ1n) is 8.07. The van der Waals surface area contributed by atoms with Crippen LogP contribution in [0.4, 0.5) is 10.5 Å². The summed E-state index contributed by atoms with van der Waals surface area (Å²) in [5.41, 5.74) is 3.50. The number of hydrogen-bond donors (Lipinski definition) is 0. The van der Waals surface area contributed by atoms with Crippen molar-refractivity contribution in [3.8, 4) is 5.75 Å². The summed E-state index contributed by atoms with van der Waals surface area (Å²) in [7, 11) is 0. The molecule has 0 saturated carbocycles. The molecule has 128 valence electrons. The summed E-state index contributed by atoms with van der Waals surface area (Å²) in [5, 5.41) is -0.269. The van der Waals surface area contributed by atoms with Gasteiger partial charge in [0.25, 0.3) is 11.1 Å². The number of rotatable bonds is 4. The Morgan fingerprint density at radius 3 is 2.44 bits per heavy atom. The molecule has 2 amide bonds. The van der Waals surface area contributed by atoms with Gasteiger partial charge in [0.05, 0.1) is 17.2 Å². The Kier molecular flexibility index (Phi) is 4.95. The van der Waals surface area contributed by atoms with E-state index in [-0.39, 0.29) is 11.1 Å². The first kappa shape index (κ1) is 17.3. The lowest BCUT2D eigenvalue weighted by Crippen LogP contribution is -2.28. The quantitative estimate of drug-likeness (QED) is 0.730. The smallest absolute Gasteiger partial charge is 0.298 e. The van der Waals surface area contributed by atoms with E-state index in [9.17, 15) is 9.59 Å². The van der Waals surface area contributed by atoms with Gasteiger partial charge in [-0.25, -0.2) is 4.90 Å². The maximum atomic E-state index is 12.7. The SMILES string of the molecule is CCOc1ccc(/C=C2\SC(=O)N(c3ccc(C)cc3C)C2=O)cc1. The fourth-order valence-corrected chi connectivity index (χ4v) is 3.54. The Bertz CT molecular complexity index is 856. The summed E-state index contributed by atoms with van der Waals surface area (Å²) in [6.07, 6.45) is 1.74. The van der Waals surface area contributed by atoms with Crippen LogP contribution in [0, 0.1) is 13.8 Å². The highest BCUT2D eigenvalue weighted by Gasteiger charge is 2.36. The molecule has 0 aliphatic carbocycles. The average molecular weight is 353 g/mol. The normalized spacial score (nSPS) is 16.0. The molecule has 5 heteroatoms. The fraction of sp³-hybridized carbons (Fsp3) is 0.200. The molecule has 2 aromatic carbocycles. The molecule has 0 bridgehead atoms. The predicted octanol–water partition coefficient (Wildman–Crippen LogP) is 4.94. The van der Waals surface area contributed by atoms with E-state index in [4.69, 9.17) is 4.74 Å². The maximum Gasteiger partial charge on any atom is 0.298 e. The van der Waals surface area contributed by atoms with Crippen LogP contribution < -0.4 is 9.64 Å². The fourth-order valence-electron chi connectivity index (χ4n) is 2.71. The van der Waals surface area contributed by atoms with Gasteiger partial charge >= 0.3 is 0 Å². The molecule has 0 unspecified atom stereocenters. The third-order valence-corrected chi connectivity index (χ3v) is 4.75. The Balaban J connectivity index is 1.87. The summed E-state index contributed by atoms with van der Waals surface area (Å²) in [5.74, 6) is 0.499. The maximum absolute atomic E-state index is 12.7. The summed E-state index contributed by atoms with van der Waals surface area (Å²) < 4.78 is 5.41. The molecule has 1 saturated heterocycles. The van der Waals surface area contributed by atoms with Crippen LogP contribution in [0.25, 0.3) is 6.08 Å². The van der Waals surface area contributed by atoms with Crippen molar-refractivity contribution < 1.29 is 14.3 Å². The van der Waals surface area contributed by atoms with Crippen molar-refractivity contribution >= 4 is 34.7 Å². The van der Waals surface area contributed by atoms with Gasteiger partial charge in [-0.15, -0.1) is 0 Å². The largest absolute Gasteiger partial charge is 0.494 e. The monoisotopic (exact) mass is 353 g/mol. The van der Waals surface area contributed by atoms with Gasteiger partial charge in [0, 0.05) is 0 Å². The van der Waals surface area contributed by atoms with Gasteiger partial charge in [-0.1, -0.05) is 29.8 Å². The first-order valence-corrected chi connectivity index (χ1v) is 8.89. The number of ether oxygens (including phenoxy) is 1. The van der Waals surface area contributed by atoms with Crippen LogP contribution in [0.1, 0.15) is 23.6 Å². The zero-order valence-corrected chi connectivity index (χ0v) is 15.2. The molecular weight excluding hydrogens is 334 g/mol. The van der Waals surface area contributed by atoms with E-state index in [1.807, 2.05) is 63.2 Å². The Morgan fingerprint density at radius 2 is 1.80 bits per heavy atom. The van der Waals surface area contributed by atoms with Gasteiger partial charge in [-0.2, -0.15) is 0 Å². The standard InChI is InChI=1S/C20H19NO3S/c1-4-24-16-8-6-15(7-9-16)12-18-19(22)21(20(23)25-18)17-10-5-13(2)11-14(17)3/h5-12H,4H2,1-3H3/b18-12-. The molecule has 4 nitrogen and oxygen atoms in total. The molecule has 1 aliphatic heterocycles. The van der Waals surface area contributed by atoms with Crippen LogP contribution >= 0.6 is 11.8 Å². The number of hydrogen-bond acceptors (Lipinski definition) is 4. The second kappa shape index (κ2) is 7.15. The molecule has 3 rings (SSSR count). The van der Waals surface area contributed by atoms with E-state index in [1.54, 1.807) is 6.08 Å². The average Bonchev–Trinajstić information content (AvgIpc) is 2.84. The van der Waals surface area contributed by atoms with Crippen molar-refractivity contribution in [2.75, 3.05) is 11.5 Å². The lowest BCUT2D eigenvalue weighted by molar-refractivity contribution is -0.113. The van der Waals surface area contributed by atoms with Crippen LogP contribution in [0.5, 0.6) is 5.75 Å². The second-order valence-electron chi connectivity index (χ2n) is 5.81. The number of aryl methyl sites for hydroxylation is 2. The lowest BCUT2D eigenvalue weighted by Gasteiger charge is -2.15. The molecule has 0 spiro atoms. The molecule has 1 heterocycles. The highest BCUT2D eigenvalue weighted by atomic mass is 32.2. The van der Waals surface area contributed by atoms with Gasteiger partial charge in [0.1, 0.15) is 5.75 Å². The van der Waals surface area contributed by atoms with Crippen molar-refractivity contribution in [1.82, 2.24) is 0 Å². The lowest BCUT2D eigenvalue weighted by atomic mass is 10.1. The van der Waals surface area contributed by atoms with Crippen LogP contribution in [0.3, 0.4) is 0 Å². The molecule has 1 fully saturated rings. The van der Waals surface area contributed by atoms with E-state index in [0.29, 0.717) is 17.2 Å². The van der Waals surface area contributed by atoms with Gasteiger partial charge in [0.15, 0.2) is 0 Å². The Hall–Kier alpha value is -2.53. The molecule has 0 N–H and O–H groups in total. The number of anilines is 1. The third kappa shape index (κ3) is 3.61. The second-order valence-corrected chi connectivity index (χ2v) is 6.80. The van der Waals surface area contributed by atoms with Gasteiger partial charge in [0.2, 0.25) is 0 Å². The molecule has 1 aliphatic rings. The van der Waals surface area contributed by atoms with Gasteiger partial charge < -0.3 is 4.74 Å². The van der Waals surface area contributed by atoms with Crippen LogP contribution in [-0.2, 0) is 4.79 Å². The zero-order chi connectivity index (χ0) is 18.0. The summed E-state index contributed by atoms with van der Waals surface area (Å²) >= 11 is 0.966. The van der Waals surface area contributed by atoms with E-state index < -0.39 is 0 Å². The number of thioether (sulfide) groups is 1. The first-order chi connectivity index (χ1) is 12.0. The highest BCUT2D eigenvalue weighted by molar-refractivity contribution is 8.19. The number of imide groups is 1. The number of nitrogens with zero attached hydrogens (tertiary/aromatic N) is 1. The molecular formula is C20H19NO3S. The minimum absolute atomic E-state index is 0.269. The van der Waals surface area contributed by atoms with Gasteiger partial charge in [-0.05, 0) is 67.9 Å². The van der Waals surface area contributed by atoms with E-state index in [0.717, 1.165) is 34.2 Å². The van der Waals surface area contributed by atoms with E-state index in [1.165, 1.54) is 4.90 Å². The topological polar surface area (TPSA) is 46.6 Å². The van der Waals surface area contributed by atoms with Crippen LogP contribution in [0.2, 0.25) is 0 Å². The van der Waals surface area contributed by atoms with Gasteiger partial charge in [-0.3, -0.25) is 9.59 Å². The predicted molar refractivity (Wildman–Crippen MR) is 102 cm³/mol. The van der Waals surface area contributed by atoms with E-state index >= 15 is 0 Å². The Morgan fingerprint density at radius 1 is 1.08 bits per heavy atom. The summed E-state index contributed by atoms with van der Waals surface area (Å²) in [6.45, 7) is 6.42.